The summed E-state index contributed by atoms with van der Waals surface area (Å²) in [6.07, 6.45) is 78.2. The molecule has 67 heavy (non-hydrogen) atoms. The third-order valence-electron chi connectivity index (χ3n) is 10.0. The van der Waals surface area contributed by atoms with Crippen LogP contribution in [-0.2, 0) is 28.6 Å². The highest BCUT2D eigenvalue weighted by Crippen LogP contribution is 2.11. The van der Waals surface area contributed by atoms with E-state index in [9.17, 15) is 14.4 Å². The lowest BCUT2D eigenvalue weighted by Crippen LogP contribution is -2.30. The fourth-order valence-electron chi connectivity index (χ4n) is 6.26. The molecule has 0 rings (SSSR count). The van der Waals surface area contributed by atoms with Crippen LogP contribution < -0.4 is 0 Å². The molecule has 0 N–H and O–H groups in total. The van der Waals surface area contributed by atoms with Gasteiger partial charge in [-0.15, -0.1) is 0 Å². The van der Waals surface area contributed by atoms with Crippen LogP contribution in [0.4, 0.5) is 0 Å². The van der Waals surface area contributed by atoms with Gasteiger partial charge >= 0.3 is 17.9 Å². The van der Waals surface area contributed by atoms with Crippen molar-refractivity contribution in [1.29, 1.82) is 0 Å². The lowest BCUT2D eigenvalue weighted by molar-refractivity contribution is -0.166. The van der Waals surface area contributed by atoms with E-state index in [1.807, 2.05) is 6.08 Å². The van der Waals surface area contributed by atoms with Crippen molar-refractivity contribution >= 4 is 17.9 Å². The number of allylic oxidation sites excluding steroid dienone is 25. The number of rotatable bonds is 44. The predicted molar refractivity (Wildman–Crippen MR) is 288 cm³/mol. The lowest BCUT2D eigenvalue weighted by Gasteiger charge is -2.18. The summed E-state index contributed by atoms with van der Waals surface area (Å²) in [6, 6.07) is 0. The minimum absolute atomic E-state index is 0.0770. The molecule has 0 heterocycles. The van der Waals surface area contributed by atoms with Gasteiger partial charge in [-0.2, -0.15) is 0 Å². The maximum Gasteiger partial charge on any atom is 0.310 e. The number of hydrogen-bond donors (Lipinski definition) is 0. The predicted octanol–water partition coefficient (Wildman–Crippen LogP) is 17.4. The Morgan fingerprint density at radius 1 is 0.313 bits per heavy atom. The summed E-state index contributed by atoms with van der Waals surface area (Å²) in [5.74, 6) is -1.14. The largest absolute Gasteiger partial charge is 0.462 e. The molecule has 1 unspecified atom stereocenters. The number of hydrogen-bond acceptors (Lipinski definition) is 6. The van der Waals surface area contributed by atoms with Gasteiger partial charge in [0.15, 0.2) is 6.10 Å². The van der Waals surface area contributed by atoms with Gasteiger partial charge in [0.2, 0.25) is 0 Å². The number of carbonyl (C=O) groups is 3. The van der Waals surface area contributed by atoms with Gasteiger partial charge < -0.3 is 14.2 Å². The molecule has 0 aliphatic carbocycles. The second-order valence-electron chi connectivity index (χ2n) is 16.3. The smallest absolute Gasteiger partial charge is 0.310 e. The van der Waals surface area contributed by atoms with Gasteiger partial charge in [-0.1, -0.05) is 204 Å². The van der Waals surface area contributed by atoms with Crippen molar-refractivity contribution in [2.24, 2.45) is 0 Å². The van der Waals surface area contributed by atoms with Gasteiger partial charge in [0.1, 0.15) is 13.2 Å². The van der Waals surface area contributed by atoms with Crippen molar-refractivity contribution in [1.82, 2.24) is 0 Å². The van der Waals surface area contributed by atoms with Crippen LogP contribution in [0.1, 0.15) is 188 Å². The Balaban J connectivity index is 4.62. The first kappa shape index (κ1) is 62.0. The Bertz CT molecular complexity index is 1570. The van der Waals surface area contributed by atoms with Crippen molar-refractivity contribution in [3.8, 4) is 0 Å². The Morgan fingerprint density at radius 3 is 0.925 bits per heavy atom. The molecule has 0 aromatic heterocycles. The summed E-state index contributed by atoms with van der Waals surface area (Å²) < 4.78 is 16.6. The molecular weight excluding hydrogens is 829 g/mol. The monoisotopic (exact) mass is 921 g/mol. The van der Waals surface area contributed by atoms with E-state index < -0.39 is 12.1 Å². The average Bonchev–Trinajstić information content (AvgIpc) is 3.33. The maximum absolute atomic E-state index is 12.8. The molecule has 0 amide bonds. The summed E-state index contributed by atoms with van der Waals surface area (Å²) in [7, 11) is 0. The molecule has 6 heteroatoms. The van der Waals surface area contributed by atoms with E-state index in [0.717, 1.165) is 141 Å². The quantitative estimate of drug-likeness (QED) is 0.0262. The van der Waals surface area contributed by atoms with E-state index in [2.05, 4.69) is 167 Å². The van der Waals surface area contributed by atoms with Crippen LogP contribution in [0.2, 0.25) is 0 Å². The number of esters is 3. The summed E-state index contributed by atoms with van der Waals surface area (Å²) >= 11 is 0. The van der Waals surface area contributed by atoms with Gasteiger partial charge in [-0.3, -0.25) is 14.4 Å². The minimum Gasteiger partial charge on any atom is -0.462 e. The molecule has 0 aliphatic heterocycles. The highest BCUT2D eigenvalue weighted by atomic mass is 16.6. The van der Waals surface area contributed by atoms with E-state index in [-0.39, 0.29) is 38.0 Å². The van der Waals surface area contributed by atoms with Crippen LogP contribution in [0, 0.1) is 0 Å². The zero-order valence-corrected chi connectivity index (χ0v) is 42.3. The molecule has 0 radical (unpaired) electrons. The van der Waals surface area contributed by atoms with Crippen LogP contribution in [0.15, 0.2) is 158 Å². The highest BCUT2D eigenvalue weighted by molar-refractivity contribution is 5.72. The van der Waals surface area contributed by atoms with E-state index in [1.54, 1.807) is 6.08 Å². The van der Waals surface area contributed by atoms with Crippen molar-refractivity contribution in [3.63, 3.8) is 0 Å². The first-order valence-electron chi connectivity index (χ1n) is 26.0. The summed E-state index contributed by atoms with van der Waals surface area (Å²) in [5, 5.41) is 0. The molecule has 0 spiro atoms. The molecular formula is C61H92O6. The van der Waals surface area contributed by atoms with Crippen LogP contribution >= 0.6 is 0 Å². The van der Waals surface area contributed by atoms with E-state index >= 15 is 0 Å². The van der Waals surface area contributed by atoms with Gasteiger partial charge in [-0.05, 0) is 122 Å². The molecule has 0 aromatic carbocycles. The molecule has 0 aliphatic rings. The second kappa shape index (κ2) is 53.6. The maximum atomic E-state index is 12.8. The van der Waals surface area contributed by atoms with Crippen molar-refractivity contribution < 1.29 is 28.6 Å². The van der Waals surface area contributed by atoms with Gasteiger partial charge in [-0.25, -0.2) is 0 Å². The lowest BCUT2D eigenvalue weighted by atomic mass is 10.1. The Hall–Kier alpha value is -4.97. The summed E-state index contributed by atoms with van der Waals surface area (Å²) in [4.78, 5) is 38.0. The number of unbranched alkanes of at least 4 members (excludes halogenated alkanes) is 8. The van der Waals surface area contributed by atoms with Gasteiger partial charge in [0, 0.05) is 12.8 Å². The van der Waals surface area contributed by atoms with Crippen LogP contribution in [0.3, 0.4) is 0 Å². The SMILES string of the molecule is CC/C=C\C/C=C\C/C=C\C/C=C\C/C=C\CCCCCC(=O)OCC(COC(=O)CCCCCCC/C=C\C/C=C\C/C=C\CC)OC(=O)C/C=C\C/C=C\C/C=C\C/C=C\C/C=C\CC. The van der Waals surface area contributed by atoms with E-state index in [0.29, 0.717) is 12.8 Å². The minimum atomic E-state index is -0.861. The zero-order valence-electron chi connectivity index (χ0n) is 42.3. The first-order valence-corrected chi connectivity index (χ1v) is 26.0. The fourth-order valence-corrected chi connectivity index (χ4v) is 6.26. The van der Waals surface area contributed by atoms with E-state index in [1.165, 1.54) is 0 Å². The summed E-state index contributed by atoms with van der Waals surface area (Å²) in [5.41, 5.74) is 0. The van der Waals surface area contributed by atoms with Crippen molar-refractivity contribution in [3.05, 3.63) is 158 Å². The van der Waals surface area contributed by atoms with Crippen LogP contribution in [0.25, 0.3) is 0 Å². The van der Waals surface area contributed by atoms with E-state index in [4.69, 9.17) is 14.2 Å². The summed E-state index contributed by atoms with van der Waals surface area (Å²) in [6.45, 7) is 6.14. The Morgan fingerprint density at radius 2 is 0.582 bits per heavy atom. The molecule has 0 saturated carbocycles. The second-order valence-corrected chi connectivity index (χ2v) is 16.3. The van der Waals surface area contributed by atoms with Crippen molar-refractivity contribution in [2.75, 3.05) is 13.2 Å². The van der Waals surface area contributed by atoms with Gasteiger partial charge in [0.05, 0.1) is 6.42 Å². The van der Waals surface area contributed by atoms with Crippen LogP contribution in [-0.4, -0.2) is 37.2 Å². The Labute approximate surface area is 409 Å². The Kier molecular flexibility index (Phi) is 49.7. The number of carbonyl (C=O) groups excluding carboxylic acids is 3. The third-order valence-corrected chi connectivity index (χ3v) is 10.0. The zero-order chi connectivity index (χ0) is 48.6. The van der Waals surface area contributed by atoms with Crippen LogP contribution in [0.5, 0.6) is 0 Å². The van der Waals surface area contributed by atoms with Gasteiger partial charge in [0.25, 0.3) is 0 Å². The average molecular weight is 921 g/mol. The molecule has 0 bridgehead atoms. The molecule has 0 saturated heterocycles. The standard InChI is InChI=1S/C61H92O6/c1-4-7-10-13-16-19-22-25-28-29-30-31-34-36-39-42-45-48-51-54-60(63)66-57-58(67-61(64)55-52-49-46-43-40-37-33-27-24-21-18-15-12-9-6-3)56-65-59(62)53-50-47-44-41-38-35-32-26-23-20-17-14-11-8-5-2/h7-12,16-21,25-28,30-33,36,39-40,43,49,52,58H,4-6,13-15,22-24,29,34-35,37-38,41-42,44-48,50-51,53-57H2,1-3H3/b10-7-,11-8-,12-9-,19-16-,20-17-,21-18-,28-25-,31-30-,32-26-,33-27-,39-36-,43-40-,52-49-. The molecule has 0 aromatic rings. The topological polar surface area (TPSA) is 78.9 Å². The van der Waals surface area contributed by atoms with Crippen molar-refractivity contribution in [2.45, 2.75) is 194 Å². The molecule has 1 atom stereocenters. The fraction of sp³-hybridized carbons (Fsp3) is 0.525. The molecule has 6 nitrogen and oxygen atoms in total. The normalized spacial score (nSPS) is 13.4. The molecule has 372 valence electrons. The first-order chi connectivity index (χ1) is 33.0. The highest BCUT2D eigenvalue weighted by Gasteiger charge is 2.19. The third kappa shape index (κ3) is 51.9. The number of ether oxygens (including phenoxy) is 3. The molecule has 0 fully saturated rings.